The standard InChI is InChI=1S/C10H12F3NS/c11-10(12,13)7-15-9-3-1-8(2-4-9)5-6-14/h1-4H,5-7,14H2. The maximum atomic E-state index is 11.9. The maximum absolute atomic E-state index is 11.9. The molecule has 0 heterocycles. The Morgan fingerprint density at radius 1 is 1.13 bits per heavy atom. The van der Waals surface area contributed by atoms with Crippen LogP contribution in [0.1, 0.15) is 5.56 Å². The molecule has 0 radical (unpaired) electrons. The summed E-state index contributed by atoms with van der Waals surface area (Å²) in [6, 6.07) is 7.01. The van der Waals surface area contributed by atoms with Gasteiger partial charge in [-0.2, -0.15) is 13.2 Å². The van der Waals surface area contributed by atoms with Gasteiger partial charge in [0, 0.05) is 4.90 Å². The number of nitrogens with two attached hydrogens (primary N) is 1. The Labute approximate surface area is 90.9 Å². The highest BCUT2D eigenvalue weighted by Gasteiger charge is 2.27. The number of halogens is 3. The first-order valence-corrected chi connectivity index (χ1v) is 5.48. The molecule has 0 bridgehead atoms. The molecule has 0 amide bonds. The normalized spacial score (nSPS) is 11.7. The Bertz CT molecular complexity index is 295. The average Bonchev–Trinajstić information content (AvgIpc) is 2.16. The van der Waals surface area contributed by atoms with Crippen LogP contribution in [-0.4, -0.2) is 18.5 Å². The molecule has 1 rings (SSSR count). The van der Waals surface area contributed by atoms with Crippen molar-refractivity contribution in [1.82, 2.24) is 0 Å². The van der Waals surface area contributed by atoms with Crippen molar-refractivity contribution in [2.75, 3.05) is 12.3 Å². The van der Waals surface area contributed by atoms with E-state index in [4.69, 9.17) is 5.73 Å². The average molecular weight is 235 g/mol. The summed E-state index contributed by atoms with van der Waals surface area (Å²) in [4.78, 5) is 0.632. The van der Waals surface area contributed by atoms with Crippen molar-refractivity contribution in [1.29, 1.82) is 0 Å². The van der Waals surface area contributed by atoms with E-state index < -0.39 is 11.9 Å². The third-order valence-electron chi connectivity index (χ3n) is 1.76. The molecule has 0 aliphatic heterocycles. The zero-order valence-corrected chi connectivity index (χ0v) is 8.87. The molecule has 84 valence electrons. The Hall–Kier alpha value is -0.680. The number of benzene rings is 1. The lowest BCUT2D eigenvalue weighted by Gasteiger charge is -2.06. The fourth-order valence-electron chi connectivity index (χ4n) is 1.08. The fraction of sp³-hybridized carbons (Fsp3) is 0.400. The molecule has 0 saturated heterocycles. The summed E-state index contributed by atoms with van der Waals surface area (Å²) < 4.78 is 35.7. The number of hydrogen-bond donors (Lipinski definition) is 1. The Morgan fingerprint density at radius 2 is 1.73 bits per heavy atom. The zero-order chi connectivity index (χ0) is 11.3. The molecule has 0 aliphatic rings. The van der Waals surface area contributed by atoms with E-state index in [2.05, 4.69) is 0 Å². The minimum Gasteiger partial charge on any atom is -0.330 e. The Kier molecular flexibility index (Phi) is 4.47. The third-order valence-corrected chi connectivity index (χ3v) is 2.84. The van der Waals surface area contributed by atoms with Crippen LogP contribution < -0.4 is 5.73 Å². The van der Waals surface area contributed by atoms with Crippen molar-refractivity contribution in [3.8, 4) is 0 Å². The van der Waals surface area contributed by atoms with Crippen molar-refractivity contribution in [3.63, 3.8) is 0 Å². The van der Waals surface area contributed by atoms with Gasteiger partial charge in [-0.1, -0.05) is 12.1 Å². The van der Waals surface area contributed by atoms with Gasteiger partial charge < -0.3 is 5.73 Å². The van der Waals surface area contributed by atoms with E-state index in [1.165, 1.54) is 0 Å². The largest absolute Gasteiger partial charge is 0.398 e. The van der Waals surface area contributed by atoms with Crippen molar-refractivity contribution < 1.29 is 13.2 Å². The Morgan fingerprint density at radius 3 is 2.20 bits per heavy atom. The smallest absolute Gasteiger partial charge is 0.330 e. The first-order valence-electron chi connectivity index (χ1n) is 4.50. The van der Waals surface area contributed by atoms with Crippen molar-refractivity contribution >= 4 is 11.8 Å². The lowest BCUT2D eigenvalue weighted by molar-refractivity contribution is -0.105. The SMILES string of the molecule is NCCc1ccc(SCC(F)(F)F)cc1. The monoisotopic (exact) mass is 235 g/mol. The highest BCUT2D eigenvalue weighted by atomic mass is 32.2. The molecule has 2 N–H and O–H groups in total. The van der Waals surface area contributed by atoms with Crippen LogP contribution in [0, 0.1) is 0 Å². The molecule has 0 atom stereocenters. The molecular weight excluding hydrogens is 223 g/mol. The van der Waals surface area contributed by atoms with Crippen LogP contribution in [0.5, 0.6) is 0 Å². The quantitative estimate of drug-likeness (QED) is 0.812. The highest BCUT2D eigenvalue weighted by molar-refractivity contribution is 7.99. The molecule has 5 heteroatoms. The fourth-order valence-corrected chi connectivity index (χ4v) is 1.74. The van der Waals surface area contributed by atoms with E-state index in [0.717, 1.165) is 23.7 Å². The van der Waals surface area contributed by atoms with E-state index in [0.29, 0.717) is 11.4 Å². The lowest BCUT2D eigenvalue weighted by Crippen LogP contribution is -2.10. The molecule has 1 aromatic rings. The molecule has 0 aromatic heterocycles. The number of hydrogen-bond acceptors (Lipinski definition) is 2. The van der Waals surface area contributed by atoms with Crippen molar-refractivity contribution in [3.05, 3.63) is 29.8 Å². The van der Waals surface area contributed by atoms with Gasteiger partial charge in [-0.05, 0) is 30.7 Å². The molecule has 15 heavy (non-hydrogen) atoms. The first-order chi connectivity index (χ1) is 7.01. The summed E-state index contributed by atoms with van der Waals surface area (Å²) in [7, 11) is 0. The van der Waals surface area contributed by atoms with Gasteiger partial charge in [0.25, 0.3) is 0 Å². The van der Waals surface area contributed by atoms with E-state index in [9.17, 15) is 13.2 Å². The van der Waals surface area contributed by atoms with Gasteiger partial charge in [0.1, 0.15) is 0 Å². The van der Waals surface area contributed by atoms with Gasteiger partial charge >= 0.3 is 6.18 Å². The van der Waals surface area contributed by atoms with E-state index in [1.54, 1.807) is 12.1 Å². The molecule has 0 spiro atoms. The summed E-state index contributed by atoms with van der Waals surface area (Å²) in [5, 5.41) is 0. The second-order valence-electron chi connectivity index (χ2n) is 3.09. The van der Waals surface area contributed by atoms with E-state index in [-0.39, 0.29) is 0 Å². The summed E-state index contributed by atoms with van der Waals surface area (Å²) in [5.74, 6) is -0.844. The van der Waals surface area contributed by atoms with E-state index in [1.807, 2.05) is 12.1 Å². The first kappa shape index (κ1) is 12.4. The molecule has 0 aliphatic carbocycles. The van der Waals surface area contributed by atoms with Crippen LogP contribution in [0.3, 0.4) is 0 Å². The minimum absolute atomic E-state index is 0.551. The lowest BCUT2D eigenvalue weighted by atomic mass is 10.2. The summed E-state index contributed by atoms with van der Waals surface area (Å²) in [6.45, 7) is 0.551. The predicted octanol–water partition coefficient (Wildman–Crippen LogP) is 2.84. The zero-order valence-electron chi connectivity index (χ0n) is 8.05. The van der Waals surface area contributed by atoms with E-state index >= 15 is 0 Å². The van der Waals surface area contributed by atoms with Crippen LogP contribution in [0.4, 0.5) is 13.2 Å². The van der Waals surface area contributed by atoms with Crippen LogP contribution in [0.15, 0.2) is 29.2 Å². The maximum Gasteiger partial charge on any atom is 0.398 e. The number of rotatable bonds is 4. The van der Waals surface area contributed by atoms with Crippen molar-refractivity contribution in [2.45, 2.75) is 17.5 Å². The van der Waals surface area contributed by atoms with Gasteiger partial charge in [-0.25, -0.2) is 0 Å². The summed E-state index contributed by atoms with van der Waals surface area (Å²) in [6.07, 6.45) is -3.36. The van der Waals surface area contributed by atoms with Gasteiger partial charge in [0.15, 0.2) is 0 Å². The molecule has 1 aromatic carbocycles. The van der Waals surface area contributed by atoms with Gasteiger partial charge in [0.2, 0.25) is 0 Å². The molecule has 0 unspecified atom stereocenters. The summed E-state index contributed by atoms with van der Waals surface area (Å²) >= 11 is 0.798. The van der Waals surface area contributed by atoms with Crippen molar-refractivity contribution in [2.24, 2.45) is 5.73 Å². The van der Waals surface area contributed by atoms with Gasteiger partial charge in [-0.3, -0.25) is 0 Å². The van der Waals surface area contributed by atoms with Gasteiger partial charge in [-0.15, -0.1) is 11.8 Å². The minimum atomic E-state index is -4.11. The van der Waals surface area contributed by atoms with Gasteiger partial charge in [0.05, 0.1) is 5.75 Å². The Balaban J connectivity index is 2.50. The molecule has 0 fully saturated rings. The predicted molar refractivity (Wildman–Crippen MR) is 56.0 cm³/mol. The number of thioether (sulfide) groups is 1. The van der Waals surface area contributed by atoms with Crippen LogP contribution in [-0.2, 0) is 6.42 Å². The van der Waals surface area contributed by atoms with Crippen LogP contribution >= 0.6 is 11.8 Å². The second-order valence-corrected chi connectivity index (χ2v) is 4.14. The molecule has 1 nitrogen and oxygen atoms in total. The third kappa shape index (κ3) is 5.09. The number of alkyl halides is 3. The topological polar surface area (TPSA) is 26.0 Å². The highest BCUT2D eigenvalue weighted by Crippen LogP contribution is 2.27. The molecule has 0 saturated carbocycles. The second kappa shape index (κ2) is 5.42. The van der Waals surface area contributed by atoms with Crippen LogP contribution in [0.25, 0.3) is 0 Å². The van der Waals surface area contributed by atoms with Crippen LogP contribution in [0.2, 0.25) is 0 Å². The summed E-state index contributed by atoms with van der Waals surface area (Å²) in [5.41, 5.74) is 6.41. The molecular formula is C10H12F3NS.